The fraction of sp³-hybridized carbons (Fsp3) is 0. The first kappa shape index (κ1) is 18.6. The Hall–Kier alpha value is -2.21. The molecule has 0 radical (unpaired) electrons. The third-order valence-corrected chi connectivity index (χ3v) is 5.21. The van der Waals surface area contributed by atoms with Crippen molar-refractivity contribution in [2.24, 2.45) is 0 Å². The minimum atomic E-state index is -4.17. The van der Waals surface area contributed by atoms with E-state index in [2.05, 4.69) is 10.0 Å². The zero-order chi connectivity index (χ0) is 18.9. The molecule has 0 amide bonds. The van der Waals surface area contributed by atoms with Crippen molar-refractivity contribution in [3.05, 3.63) is 69.7 Å². The van der Waals surface area contributed by atoms with E-state index >= 15 is 0 Å². The quantitative estimate of drug-likeness (QED) is 0.498. The summed E-state index contributed by atoms with van der Waals surface area (Å²) < 4.78 is 73.9. The van der Waals surface area contributed by atoms with Crippen LogP contribution in [-0.2, 0) is 10.0 Å². The van der Waals surface area contributed by atoms with E-state index in [9.17, 15) is 21.6 Å². The van der Waals surface area contributed by atoms with Gasteiger partial charge in [0.1, 0.15) is 11.5 Å². The average Bonchev–Trinajstić information content (AvgIpc) is 3.11. The normalized spacial score (nSPS) is 11.4. The van der Waals surface area contributed by atoms with Crippen LogP contribution in [-0.4, -0.2) is 8.42 Å². The van der Waals surface area contributed by atoms with E-state index in [-0.39, 0.29) is 11.4 Å². The Morgan fingerprint density at radius 1 is 0.962 bits per heavy atom. The molecular weight excluding hydrogens is 484 g/mol. The van der Waals surface area contributed by atoms with Gasteiger partial charge < -0.3 is 9.73 Å². The molecule has 0 aliphatic carbocycles. The molecule has 0 fully saturated rings. The summed E-state index contributed by atoms with van der Waals surface area (Å²) in [6.45, 7) is 0. The Morgan fingerprint density at radius 2 is 1.69 bits per heavy atom. The van der Waals surface area contributed by atoms with Crippen molar-refractivity contribution in [3.8, 4) is 0 Å². The number of halogens is 4. The number of hydrogen-bond acceptors (Lipinski definition) is 4. The Balaban J connectivity index is 2.03. The van der Waals surface area contributed by atoms with E-state index in [0.717, 1.165) is 18.4 Å². The molecule has 0 spiro atoms. The summed E-state index contributed by atoms with van der Waals surface area (Å²) >= 11 is 1.89. The van der Waals surface area contributed by atoms with Crippen molar-refractivity contribution in [2.45, 2.75) is 5.09 Å². The Labute approximate surface area is 160 Å². The predicted molar refractivity (Wildman–Crippen MR) is 98.3 cm³/mol. The number of furan rings is 1. The van der Waals surface area contributed by atoms with E-state index in [1.807, 2.05) is 22.6 Å². The van der Waals surface area contributed by atoms with E-state index in [1.54, 1.807) is 6.07 Å². The third-order valence-electron chi connectivity index (χ3n) is 3.29. The molecule has 0 unspecified atom stereocenters. The molecule has 0 aliphatic rings. The van der Waals surface area contributed by atoms with Crippen LogP contribution in [0.1, 0.15) is 0 Å². The second-order valence-corrected chi connectivity index (χ2v) is 7.93. The number of benzene rings is 2. The third kappa shape index (κ3) is 3.80. The van der Waals surface area contributed by atoms with Crippen LogP contribution in [0.2, 0.25) is 0 Å². The van der Waals surface area contributed by atoms with Gasteiger partial charge in [-0.1, -0.05) is 0 Å². The number of hydrogen-bond donors (Lipinski definition) is 2. The van der Waals surface area contributed by atoms with Gasteiger partial charge in [0, 0.05) is 3.57 Å². The van der Waals surface area contributed by atoms with Crippen molar-refractivity contribution < 1.29 is 26.0 Å². The summed E-state index contributed by atoms with van der Waals surface area (Å²) in [5.41, 5.74) is -1.01. The molecule has 1 heterocycles. The molecule has 2 N–H and O–H groups in total. The number of sulfonamides is 1. The molecule has 3 rings (SSSR count). The van der Waals surface area contributed by atoms with Crippen LogP contribution in [0.15, 0.2) is 58.2 Å². The van der Waals surface area contributed by atoms with Gasteiger partial charge >= 0.3 is 0 Å². The zero-order valence-electron chi connectivity index (χ0n) is 12.8. The van der Waals surface area contributed by atoms with Gasteiger partial charge in [-0.2, -0.15) is 8.42 Å². The van der Waals surface area contributed by atoms with Gasteiger partial charge in [0.2, 0.25) is 5.09 Å². The van der Waals surface area contributed by atoms with Crippen molar-refractivity contribution in [1.82, 2.24) is 0 Å². The van der Waals surface area contributed by atoms with Gasteiger partial charge in [-0.3, -0.25) is 4.72 Å². The summed E-state index contributed by atoms with van der Waals surface area (Å²) in [4.78, 5) is 0. The molecule has 0 saturated heterocycles. The Bertz CT molecular complexity index is 1060. The highest BCUT2D eigenvalue weighted by Crippen LogP contribution is 2.33. The fourth-order valence-corrected chi connectivity index (χ4v) is 3.55. The van der Waals surface area contributed by atoms with Crippen LogP contribution in [0.5, 0.6) is 0 Å². The lowest BCUT2D eigenvalue weighted by Gasteiger charge is -2.15. The van der Waals surface area contributed by atoms with E-state index in [0.29, 0.717) is 3.57 Å². The van der Waals surface area contributed by atoms with Crippen LogP contribution >= 0.6 is 22.6 Å². The van der Waals surface area contributed by atoms with Crippen LogP contribution in [0.4, 0.5) is 30.2 Å². The minimum Gasteiger partial charge on any atom is -0.451 e. The highest BCUT2D eigenvalue weighted by Gasteiger charge is 2.22. The van der Waals surface area contributed by atoms with Gasteiger partial charge in [0.15, 0.2) is 11.6 Å². The minimum absolute atomic E-state index is 0.145. The molecule has 2 aromatic carbocycles. The summed E-state index contributed by atoms with van der Waals surface area (Å²) in [5, 5.41) is 1.99. The number of rotatable bonds is 5. The molecule has 136 valence electrons. The standard InChI is InChI=1S/C16H10F3IN2O3S/c17-10-4-6-13(22-26(23,24)14-2-1-7-25-14)16(15(10)19)21-12-5-3-9(20)8-11(12)18/h1-8,21-22H. The highest BCUT2D eigenvalue weighted by molar-refractivity contribution is 14.1. The van der Waals surface area contributed by atoms with Gasteiger partial charge in [0.25, 0.3) is 10.0 Å². The summed E-state index contributed by atoms with van der Waals surface area (Å²) in [7, 11) is -4.17. The number of anilines is 3. The molecule has 1 aromatic heterocycles. The van der Waals surface area contributed by atoms with Crippen molar-refractivity contribution in [1.29, 1.82) is 0 Å². The van der Waals surface area contributed by atoms with E-state index < -0.39 is 38.3 Å². The van der Waals surface area contributed by atoms with Crippen molar-refractivity contribution in [2.75, 3.05) is 10.0 Å². The average molecular weight is 494 g/mol. The zero-order valence-corrected chi connectivity index (χ0v) is 15.7. The molecule has 0 atom stereocenters. The van der Waals surface area contributed by atoms with Crippen LogP contribution in [0, 0.1) is 21.0 Å². The van der Waals surface area contributed by atoms with Crippen LogP contribution in [0.25, 0.3) is 0 Å². The lowest BCUT2D eigenvalue weighted by atomic mass is 10.2. The largest absolute Gasteiger partial charge is 0.451 e. The first-order valence-corrected chi connectivity index (χ1v) is 9.60. The maximum Gasteiger partial charge on any atom is 0.295 e. The van der Waals surface area contributed by atoms with Crippen molar-refractivity contribution >= 4 is 49.7 Å². The molecule has 0 aliphatic heterocycles. The SMILES string of the molecule is O=S(=O)(Nc1ccc(F)c(F)c1Nc1ccc(I)cc1F)c1ccco1. The van der Waals surface area contributed by atoms with Gasteiger partial charge in [-0.25, -0.2) is 13.2 Å². The van der Waals surface area contributed by atoms with Crippen molar-refractivity contribution in [3.63, 3.8) is 0 Å². The smallest absolute Gasteiger partial charge is 0.295 e. The molecule has 10 heteroatoms. The summed E-state index contributed by atoms with van der Waals surface area (Å²) in [6, 6.07) is 8.39. The Kier molecular flexibility index (Phi) is 5.14. The monoisotopic (exact) mass is 494 g/mol. The summed E-state index contributed by atoms with van der Waals surface area (Å²) in [6.07, 6.45) is 1.15. The molecular formula is C16H10F3IN2O3S. The first-order chi connectivity index (χ1) is 12.3. The highest BCUT2D eigenvalue weighted by atomic mass is 127. The summed E-state index contributed by atoms with van der Waals surface area (Å²) in [5.74, 6) is -3.29. The molecule has 3 aromatic rings. The fourth-order valence-electron chi connectivity index (χ4n) is 2.09. The van der Waals surface area contributed by atoms with Gasteiger partial charge in [0.05, 0.1) is 17.6 Å². The van der Waals surface area contributed by atoms with E-state index in [4.69, 9.17) is 4.42 Å². The van der Waals surface area contributed by atoms with E-state index in [1.165, 1.54) is 24.3 Å². The first-order valence-electron chi connectivity index (χ1n) is 7.04. The topological polar surface area (TPSA) is 71.3 Å². The second kappa shape index (κ2) is 7.19. The molecule has 5 nitrogen and oxygen atoms in total. The number of nitrogens with one attached hydrogen (secondary N) is 2. The maximum atomic E-state index is 14.3. The maximum absolute atomic E-state index is 14.3. The van der Waals surface area contributed by atoms with Crippen LogP contribution < -0.4 is 10.0 Å². The predicted octanol–water partition coefficient (Wildman–Crippen LogP) is 4.85. The van der Waals surface area contributed by atoms with Gasteiger partial charge in [-0.15, -0.1) is 0 Å². The van der Waals surface area contributed by atoms with Gasteiger partial charge in [-0.05, 0) is 65.1 Å². The molecule has 0 bridgehead atoms. The lowest BCUT2D eigenvalue weighted by molar-refractivity contribution is 0.452. The second-order valence-electron chi connectivity index (χ2n) is 5.07. The Morgan fingerprint density at radius 3 is 2.35 bits per heavy atom. The lowest BCUT2D eigenvalue weighted by Crippen LogP contribution is -2.14. The van der Waals surface area contributed by atoms with Crippen LogP contribution in [0.3, 0.4) is 0 Å². The molecule has 26 heavy (non-hydrogen) atoms. The molecule has 0 saturated carbocycles.